The molecule has 0 radical (unpaired) electrons. The number of hydrogen-bond donors (Lipinski definition) is 1. The molecule has 100 valence electrons. The second-order valence-electron chi connectivity index (χ2n) is 5.84. The molecule has 1 aromatic carbocycles. The zero-order valence-electron chi connectivity index (χ0n) is 11.6. The van der Waals surface area contributed by atoms with E-state index in [1.165, 1.54) is 36.6 Å². The second-order valence-corrected chi connectivity index (χ2v) is 5.84. The molecule has 1 fully saturated rings. The van der Waals surface area contributed by atoms with Gasteiger partial charge >= 0.3 is 0 Å². The van der Waals surface area contributed by atoms with Crippen LogP contribution in [-0.4, -0.2) is 11.0 Å². The Morgan fingerprint density at radius 1 is 1.21 bits per heavy atom. The molecule has 0 bridgehead atoms. The molecule has 0 aliphatic heterocycles. The Kier molecular flexibility index (Phi) is 3.79. The first-order valence-corrected chi connectivity index (χ1v) is 7.39. The summed E-state index contributed by atoms with van der Waals surface area (Å²) in [5.41, 5.74) is 2.46. The van der Waals surface area contributed by atoms with Crippen molar-refractivity contribution in [1.82, 2.24) is 10.3 Å². The lowest BCUT2D eigenvalue weighted by Gasteiger charge is -2.27. The Balaban J connectivity index is 1.71. The molecule has 0 spiro atoms. The molecule has 0 amide bonds. The van der Waals surface area contributed by atoms with Gasteiger partial charge in [-0.05, 0) is 36.5 Å². The van der Waals surface area contributed by atoms with Crippen LogP contribution < -0.4 is 5.32 Å². The lowest BCUT2D eigenvalue weighted by molar-refractivity contribution is 0.301. The van der Waals surface area contributed by atoms with Crippen molar-refractivity contribution in [3.8, 4) is 0 Å². The monoisotopic (exact) mass is 254 g/mol. The highest BCUT2D eigenvalue weighted by Crippen LogP contribution is 2.24. The van der Waals surface area contributed by atoms with Gasteiger partial charge in [-0.1, -0.05) is 38.0 Å². The maximum atomic E-state index is 4.42. The van der Waals surface area contributed by atoms with Crippen molar-refractivity contribution in [1.29, 1.82) is 0 Å². The molecule has 1 aromatic heterocycles. The number of hydrogen-bond acceptors (Lipinski definition) is 2. The van der Waals surface area contributed by atoms with Crippen LogP contribution in [0.25, 0.3) is 10.9 Å². The van der Waals surface area contributed by atoms with Crippen molar-refractivity contribution in [2.45, 2.75) is 45.2 Å². The third-order valence-electron chi connectivity index (χ3n) is 4.26. The summed E-state index contributed by atoms with van der Waals surface area (Å²) in [5, 5.41) is 5.01. The van der Waals surface area contributed by atoms with Crippen LogP contribution in [0.5, 0.6) is 0 Å². The van der Waals surface area contributed by atoms with E-state index in [0.29, 0.717) is 6.04 Å². The molecule has 19 heavy (non-hydrogen) atoms. The third-order valence-corrected chi connectivity index (χ3v) is 4.26. The molecule has 2 atom stereocenters. The highest BCUT2D eigenvalue weighted by molar-refractivity contribution is 5.81. The zero-order chi connectivity index (χ0) is 13.1. The first-order valence-electron chi connectivity index (χ1n) is 7.39. The van der Waals surface area contributed by atoms with E-state index < -0.39 is 0 Å². The Hall–Kier alpha value is -1.41. The van der Waals surface area contributed by atoms with Crippen LogP contribution in [0, 0.1) is 5.92 Å². The summed E-state index contributed by atoms with van der Waals surface area (Å²) in [4.78, 5) is 4.42. The fourth-order valence-electron chi connectivity index (χ4n) is 3.18. The number of nitrogens with zero attached hydrogens (tertiary/aromatic N) is 1. The topological polar surface area (TPSA) is 24.9 Å². The van der Waals surface area contributed by atoms with Crippen LogP contribution in [0.1, 0.15) is 38.2 Å². The van der Waals surface area contributed by atoms with E-state index in [1.807, 2.05) is 6.20 Å². The minimum atomic E-state index is 0.690. The Morgan fingerprint density at radius 3 is 3.00 bits per heavy atom. The Bertz CT molecular complexity index is 544. The predicted molar refractivity (Wildman–Crippen MR) is 80.0 cm³/mol. The summed E-state index contributed by atoms with van der Waals surface area (Å²) >= 11 is 0. The van der Waals surface area contributed by atoms with Crippen LogP contribution in [0.2, 0.25) is 0 Å². The maximum absolute atomic E-state index is 4.42. The number of pyridine rings is 1. The quantitative estimate of drug-likeness (QED) is 0.898. The fraction of sp³-hybridized carbons (Fsp3) is 0.471. The molecule has 1 heterocycles. The predicted octanol–water partition coefficient (Wildman–Crippen LogP) is 3.90. The fourth-order valence-corrected chi connectivity index (χ4v) is 3.18. The standard InChI is InChI=1S/C17H22N2/c1-13-5-4-6-15(11-13)19-12-14-9-10-18-17-8-3-2-7-16(14)17/h2-3,7-10,13,15,19H,4-6,11-12H2,1H3. The van der Waals surface area contributed by atoms with Gasteiger partial charge in [0.15, 0.2) is 0 Å². The minimum absolute atomic E-state index is 0.690. The summed E-state index contributed by atoms with van der Waals surface area (Å²) in [6.45, 7) is 3.33. The van der Waals surface area contributed by atoms with Crippen molar-refractivity contribution in [3.63, 3.8) is 0 Å². The number of benzene rings is 1. The van der Waals surface area contributed by atoms with Crippen LogP contribution in [0.15, 0.2) is 36.5 Å². The number of aromatic nitrogens is 1. The lowest BCUT2D eigenvalue weighted by Crippen LogP contribution is -2.33. The largest absolute Gasteiger partial charge is 0.310 e. The van der Waals surface area contributed by atoms with Crippen molar-refractivity contribution >= 4 is 10.9 Å². The summed E-state index contributed by atoms with van der Waals surface area (Å²) < 4.78 is 0. The highest BCUT2D eigenvalue weighted by Gasteiger charge is 2.18. The first-order chi connectivity index (χ1) is 9.33. The molecule has 0 saturated heterocycles. The number of rotatable bonds is 3. The van der Waals surface area contributed by atoms with Gasteiger partial charge in [0, 0.05) is 24.2 Å². The van der Waals surface area contributed by atoms with E-state index in [4.69, 9.17) is 0 Å². The first kappa shape index (κ1) is 12.6. The molecule has 2 unspecified atom stereocenters. The van der Waals surface area contributed by atoms with E-state index in [1.54, 1.807) is 0 Å². The van der Waals surface area contributed by atoms with Crippen LogP contribution in [0.3, 0.4) is 0 Å². The van der Waals surface area contributed by atoms with Gasteiger partial charge in [0.1, 0.15) is 0 Å². The molecule has 1 saturated carbocycles. The second kappa shape index (κ2) is 5.70. The van der Waals surface area contributed by atoms with E-state index in [0.717, 1.165) is 18.0 Å². The molecule has 1 aliphatic rings. The van der Waals surface area contributed by atoms with E-state index in [9.17, 15) is 0 Å². The zero-order valence-corrected chi connectivity index (χ0v) is 11.6. The molecule has 1 N–H and O–H groups in total. The maximum Gasteiger partial charge on any atom is 0.0705 e. The van der Waals surface area contributed by atoms with Gasteiger partial charge in [-0.25, -0.2) is 0 Å². The summed E-state index contributed by atoms with van der Waals surface area (Å²) in [6.07, 6.45) is 7.34. The van der Waals surface area contributed by atoms with Crippen molar-refractivity contribution in [2.24, 2.45) is 5.92 Å². The van der Waals surface area contributed by atoms with Gasteiger partial charge in [-0.2, -0.15) is 0 Å². The van der Waals surface area contributed by atoms with Crippen molar-refractivity contribution < 1.29 is 0 Å². The van der Waals surface area contributed by atoms with E-state index >= 15 is 0 Å². The van der Waals surface area contributed by atoms with Crippen LogP contribution >= 0.6 is 0 Å². The number of fused-ring (bicyclic) bond motifs is 1. The van der Waals surface area contributed by atoms with Gasteiger partial charge in [0.2, 0.25) is 0 Å². The molecule has 2 aromatic rings. The minimum Gasteiger partial charge on any atom is -0.310 e. The summed E-state index contributed by atoms with van der Waals surface area (Å²) in [7, 11) is 0. The molecular weight excluding hydrogens is 232 g/mol. The van der Waals surface area contributed by atoms with Crippen LogP contribution in [0.4, 0.5) is 0 Å². The average molecular weight is 254 g/mol. The van der Waals surface area contributed by atoms with E-state index in [2.05, 4.69) is 47.6 Å². The van der Waals surface area contributed by atoms with Gasteiger partial charge in [0.05, 0.1) is 5.52 Å². The molecule has 2 heteroatoms. The lowest BCUT2D eigenvalue weighted by atomic mass is 9.87. The molecule has 3 rings (SSSR count). The smallest absolute Gasteiger partial charge is 0.0705 e. The van der Waals surface area contributed by atoms with Gasteiger partial charge in [-0.3, -0.25) is 4.98 Å². The van der Waals surface area contributed by atoms with Gasteiger partial charge in [-0.15, -0.1) is 0 Å². The van der Waals surface area contributed by atoms with Gasteiger partial charge < -0.3 is 5.32 Å². The molecule has 1 aliphatic carbocycles. The third kappa shape index (κ3) is 2.95. The Morgan fingerprint density at radius 2 is 2.11 bits per heavy atom. The average Bonchev–Trinajstić information content (AvgIpc) is 2.45. The normalized spacial score (nSPS) is 23.6. The van der Waals surface area contributed by atoms with Crippen molar-refractivity contribution in [3.05, 3.63) is 42.1 Å². The van der Waals surface area contributed by atoms with Crippen molar-refractivity contribution in [2.75, 3.05) is 0 Å². The summed E-state index contributed by atoms with van der Waals surface area (Å²) in [5.74, 6) is 0.875. The Labute approximate surface area is 115 Å². The summed E-state index contributed by atoms with van der Waals surface area (Å²) in [6, 6.07) is 11.2. The SMILES string of the molecule is CC1CCCC(NCc2ccnc3ccccc23)C1. The van der Waals surface area contributed by atoms with E-state index in [-0.39, 0.29) is 0 Å². The highest BCUT2D eigenvalue weighted by atomic mass is 14.9. The molecular formula is C17H22N2. The number of para-hydroxylation sites is 1. The van der Waals surface area contributed by atoms with Crippen LogP contribution in [-0.2, 0) is 6.54 Å². The van der Waals surface area contributed by atoms with Gasteiger partial charge in [0.25, 0.3) is 0 Å². The molecule has 2 nitrogen and oxygen atoms in total. The number of nitrogens with one attached hydrogen (secondary N) is 1.